The molecule has 1 rings (SSSR count). The summed E-state index contributed by atoms with van der Waals surface area (Å²) in [5.74, 6) is -0.313. The van der Waals surface area contributed by atoms with Crippen LogP contribution in [0.15, 0.2) is 0 Å². The van der Waals surface area contributed by atoms with Crippen molar-refractivity contribution < 1.29 is 14.3 Å². The molecule has 2 N–H and O–H groups in total. The molecule has 2 atom stereocenters. The van der Waals surface area contributed by atoms with E-state index >= 15 is 0 Å². The predicted octanol–water partition coefficient (Wildman–Crippen LogP) is 0.500. The van der Waals surface area contributed by atoms with Crippen molar-refractivity contribution in [1.82, 2.24) is 10.6 Å². The van der Waals surface area contributed by atoms with Gasteiger partial charge in [0.25, 0.3) is 0 Å². The minimum absolute atomic E-state index is 0.00731. The molecular weight excluding hydrogens is 220 g/mol. The summed E-state index contributed by atoms with van der Waals surface area (Å²) in [6.45, 7) is 10.3. The van der Waals surface area contributed by atoms with Gasteiger partial charge in [-0.3, -0.25) is 5.32 Å². The number of hydrogen-bond acceptors (Lipinski definition) is 5. The molecule has 17 heavy (non-hydrogen) atoms. The average Bonchev–Trinajstić information content (AvgIpc) is 2.26. The lowest BCUT2D eigenvalue weighted by atomic mass is 9.86. The smallest absolute Gasteiger partial charge is 0.332 e. The normalized spacial score (nSPS) is 25.6. The van der Waals surface area contributed by atoms with Crippen molar-refractivity contribution in [2.75, 3.05) is 26.3 Å². The molecule has 0 saturated carbocycles. The fourth-order valence-corrected chi connectivity index (χ4v) is 1.74. The maximum absolute atomic E-state index is 11.1. The molecule has 1 aliphatic rings. The van der Waals surface area contributed by atoms with Crippen molar-refractivity contribution in [1.29, 1.82) is 0 Å². The Morgan fingerprint density at radius 3 is 2.47 bits per heavy atom. The van der Waals surface area contributed by atoms with Gasteiger partial charge >= 0.3 is 5.97 Å². The Labute approximate surface area is 103 Å². The highest BCUT2D eigenvalue weighted by molar-refractivity contribution is 5.70. The van der Waals surface area contributed by atoms with Gasteiger partial charge in [0, 0.05) is 19.1 Å². The lowest BCUT2D eigenvalue weighted by Crippen LogP contribution is -2.59. The summed E-state index contributed by atoms with van der Waals surface area (Å²) >= 11 is 0. The number of esters is 1. The second-order valence-electron chi connectivity index (χ2n) is 5.34. The molecule has 0 aromatic heterocycles. The van der Waals surface area contributed by atoms with Crippen LogP contribution in [0, 0.1) is 5.41 Å². The van der Waals surface area contributed by atoms with Crippen molar-refractivity contribution in [3.05, 3.63) is 0 Å². The van der Waals surface area contributed by atoms with Gasteiger partial charge in [-0.1, -0.05) is 20.8 Å². The van der Waals surface area contributed by atoms with Crippen molar-refractivity contribution in [3.8, 4) is 0 Å². The number of nitrogens with one attached hydrogen (secondary N) is 2. The molecule has 1 fully saturated rings. The standard InChI is InChI=1S/C12H24N2O3/c1-5-16-11(15)8-17-10-7-13-9(6-14-10)12(2,3)4/h9-10,13-14H,5-8H2,1-4H3. The Hall–Kier alpha value is -0.650. The zero-order valence-electron chi connectivity index (χ0n) is 11.2. The third kappa shape index (κ3) is 5.02. The molecule has 100 valence electrons. The maximum Gasteiger partial charge on any atom is 0.332 e. The summed E-state index contributed by atoms with van der Waals surface area (Å²) in [4.78, 5) is 11.1. The number of ether oxygens (including phenoxy) is 2. The van der Waals surface area contributed by atoms with Gasteiger partial charge in [0.05, 0.1) is 6.61 Å². The minimum atomic E-state index is -0.313. The van der Waals surface area contributed by atoms with E-state index in [9.17, 15) is 4.79 Å². The molecule has 5 heteroatoms. The summed E-state index contributed by atoms with van der Waals surface area (Å²) in [7, 11) is 0. The van der Waals surface area contributed by atoms with Crippen LogP contribution in [0.2, 0.25) is 0 Å². The van der Waals surface area contributed by atoms with E-state index in [0.717, 1.165) is 6.54 Å². The molecule has 1 aliphatic heterocycles. The lowest BCUT2D eigenvalue weighted by molar-refractivity contribution is -0.151. The monoisotopic (exact) mass is 244 g/mol. The first-order valence-corrected chi connectivity index (χ1v) is 6.17. The number of hydrogen-bond donors (Lipinski definition) is 2. The maximum atomic E-state index is 11.1. The summed E-state index contributed by atoms with van der Waals surface area (Å²) < 4.78 is 10.2. The van der Waals surface area contributed by atoms with E-state index in [1.165, 1.54) is 0 Å². The van der Waals surface area contributed by atoms with Crippen LogP contribution in [0.25, 0.3) is 0 Å². The molecule has 0 aromatic carbocycles. The van der Waals surface area contributed by atoms with Crippen molar-refractivity contribution >= 4 is 5.97 Å². The van der Waals surface area contributed by atoms with Crippen LogP contribution in [0.1, 0.15) is 27.7 Å². The third-order valence-corrected chi connectivity index (χ3v) is 2.85. The van der Waals surface area contributed by atoms with Gasteiger partial charge in [-0.25, -0.2) is 4.79 Å². The number of carbonyl (C=O) groups excluding carboxylic acids is 1. The molecular formula is C12H24N2O3. The van der Waals surface area contributed by atoms with Crippen molar-refractivity contribution in [2.24, 2.45) is 5.41 Å². The first kappa shape index (κ1) is 14.4. The van der Waals surface area contributed by atoms with Gasteiger partial charge in [0.2, 0.25) is 0 Å². The number of rotatable bonds is 4. The molecule has 0 bridgehead atoms. The van der Waals surface area contributed by atoms with Crippen molar-refractivity contribution in [2.45, 2.75) is 40.0 Å². The van der Waals surface area contributed by atoms with Gasteiger partial charge in [-0.2, -0.15) is 0 Å². The Kier molecular flexibility index (Phi) is 5.36. The molecule has 1 heterocycles. The van der Waals surface area contributed by atoms with E-state index in [0.29, 0.717) is 19.2 Å². The first-order chi connectivity index (χ1) is 7.93. The molecule has 1 saturated heterocycles. The van der Waals surface area contributed by atoms with E-state index in [1.807, 2.05) is 0 Å². The number of piperazine rings is 1. The number of carbonyl (C=O) groups is 1. The van der Waals surface area contributed by atoms with E-state index < -0.39 is 0 Å². The van der Waals surface area contributed by atoms with Crippen LogP contribution >= 0.6 is 0 Å². The van der Waals surface area contributed by atoms with Crippen LogP contribution in [0.5, 0.6) is 0 Å². The Morgan fingerprint density at radius 2 is 2.00 bits per heavy atom. The highest BCUT2D eigenvalue weighted by Crippen LogP contribution is 2.20. The summed E-state index contributed by atoms with van der Waals surface area (Å²) in [5, 5.41) is 6.71. The van der Waals surface area contributed by atoms with Crippen LogP contribution in [-0.2, 0) is 14.3 Å². The Bertz CT molecular complexity index is 243. The SMILES string of the molecule is CCOC(=O)COC1CNC(C(C)(C)C)CN1. The summed E-state index contributed by atoms with van der Waals surface area (Å²) in [5.41, 5.74) is 0.221. The zero-order chi connectivity index (χ0) is 12.9. The fourth-order valence-electron chi connectivity index (χ4n) is 1.74. The van der Waals surface area contributed by atoms with Gasteiger partial charge < -0.3 is 14.8 Å². The molecule has 5 nitrogen and oxygen atoms in total. The summed E-state index contributed by atoms with van der Waals surface area (Å²) in [6.07, 6.45) is -0.113. The Balaban J connectivity index is 2.21. The third-order valence-electron chi connectivity index (χ3n) is 2.85. The predicted molar refractivity (Wildman–Crippen MR) is 65.6 cm³/mol. The highest BCUT2D eigenvalue weighted by atomic mass is 16.6. The fraction of sp³-hybridized carbons (Fsp3) is 0.917. The average molecular weight is 244 g/mol. The second-order valence-corrected chi connectivity index (χ2v) is 5.34. The van der Waals surface area contributed by atoms with Gasteiger partial charge in [-0.05, 0) is 12.3 Å². The van der Waals surface area contributed by atoms with Crippen LogP contribution < -0.4 is 10.6 Å². The minimum Gasteiger partial charge on any atom is -0.464 e. The summed E-state index contributed by atoms with van der Waals surface area (Å²) in [6, 6.07) is 0.421. The largest absolute Gasteiger partial charge is 0.464 e. The molecule has 2 unspecified atom stereocenters. The van der Waals surface area contributed by atoms with E-state index in [-0.39, 0.29) is 24.2 Å². The quantitative estimate of drug-likeness (QED) is 0.705. The van der Waals surface area contributed by atoms with E-state index in [1.54, 1.807) is 6.92 Å². The topological polar surface area (TPSA) is 59.6 Å². The second kappa shape index (κ2) is 6.33. The molecule has 0 radical (unpaired) electrons. The van der Waals surface area contributed by atoms with Gasteiger partial charge in [-0.15, -0.1) is 0 Å². The highest BCUT2D eigenvalue weighted by Gasteiger charge is 2.29. The molecule has 0 amide bonds. The van der Waals surface area contributed by atoms with Crippen LogP contribution in [0.3, 0.4) is 0 Å². The van der Waals surface area contributed by atoms with Crippen LogP contribution in [0.4, 0.5) is 0 Å². The molecule has 0 aliphatic carbocycles. The zero-order valence-corrected chi connectivity index (χ0v) is 11.2. The van der Waals surface area contributed by atoms with Gasteiger partial charge in [0.1, 0.15) is 12.8 Å². The Morgan fingerprint density at radius 1 is 1.29 bits per heavy atom. The molecule has 0 spiro atoms. The molecule has 0 aromatic rings. The van der Waals surface area contributed by atoms with Crippen molar-refractivity contribution in [3.63, 3.8) is 0 Å². The lowest BCUT2D eigenvalue weighted by Gasteiger charge is -2.38. The van der Waals surface area contributed by atoms with E-state index in [2.05, 4.69) is 31.4 Å². The van der Waals surface area contributed by atoms with E-state index in [4.69, 9.17) is 9.47 Å². The van der Waals surface area contributed by atoms with Crippen LogP contribution in [-0.4, -0.2) is 44.5 Å². The van der Waals surface area contributed by atoms with Gasteiger partial charge in [0.15, 0.2) is 0 Å². The first-order valence-electron chi connectivity index (χ1n) is 6.17.